The molecule has 0 heterocycles. The summed E-state index contributed by atoms with van der Waals surface area (Å²) >= 11 is 0. The van der Waals surface area contributed by atoms with Crippen LogP contribution >= 0.6 is 0 Å². The number of carbonyl (C=O) groups is 1. The molecule has 1 unspecified atom stereocenters. The molecule has 0 spiro atoms. The first-order valence-corrected chi connectivity index (χ1v) is 5.83. The van der Waals surface area contributed by atoms with E-state index in [0.29, 0.717) is 6.04 Å². The SMILES string of the molecule is CCC(/C=C/C(=O)O)[N+](CC)(CC)CC. The van der Waals surface area contributed by atoms with Gasteiger partial charge in [-0.2, -0.15) is 0 Å². The van der Waals surface area contributed by atoms with Crippen LogP contribution < -0.4 is 0 Å². The van der Waals surface area contributed by atoms with Crippen molar-refractivity contribution in [2.75, 3.05) is 19.6 Å². The topological polar surface area (TPSA) is 37.3 Å². The van der Waals surface area contributed by atoms with E-state index in [2.05, 4.69) is 27.7 Å². The van der Waals surface area contributed by atoms with Gasteiger partial charge in [-0.3, -0.25) is 0 Å². The maximum Gasteiger partial charge on any atom is 0.328 e. The van der Waals surface area contributed by atoms with Crippen molar-refractivity contribution in [3.63, 3.8) is 0 Å². The Kier molecular flexibility index (Phi) is 6.25. The molecule has 1 N–H and O–H groups in total. The van der Waals surface area contributed by atoms with E-state index in [1.54, 1.807) is 0 Å². The van der Waals surface area contributed by atoms with E-state index >= 15 is 0 Å². The van der Waals surface area contributed by atoms with E-state index < -0.39 is 5.97 Å². The Morgan fingerprint density at radius 3 is 1.93 bits per heavy atom. The average Bonchev–Trinajstić information content (AvgIpc) is 2.24. The number of carboxylic acid groups (broad SMARTS) is 1. The van der Waals surface area contributed by atoms with Gasteiger partial charge < -0.3 is 9.59 Å². The van der Waals surface area contributed by atoms with Crippen LogP contribution in [0.25, 0.3) is 0 Å². The van der Waals surface area contributed by atoms with E-state index in [1.165, 1.54) is 6.08 Å². The molecule has 0 radical (unpaired) electrons. The van der Waals surface area contributed by atoms with Crippen LogP contribution in [0.4, 0.5) is 0 Å². The fourth-order valence-electron chi connectivity index (χ4n) is 2.27. The Bertz CT molecular complexity index is 211. The maximum atomic E-state index is 10.5. The molecule has 15 heavy (non-hydrogen) atoms. The lowest BCUT2D eigenvalue weighted by atomic mass is 10.1. The lowest BCUT2D eigenvalue weighted by Gasteiger charge is -2.41. The first kappa shape index (κ1) is 14.2. The second kappa shape index (κ2) is 6.62. The Morgan fingerprint density at radius 2 is 1.67 bits per heavy atom. The van der Waals surface area contributed by atoms with Crippen LogP contribution in [0, 0.1) is 0 Å². The van der Waals surface area contributed by atoms with E-state index in [4.69, 9.17) is 5.11 Å². The molecular weight excluding hydrogens is 190 g/mol. The highest BCUT2D eigenvalue weighted by Gasteiger charge is 2.28. The van der Waals surface area contributed by atoms with Crippen molar-refractivity contribution < 1.29 is 14.4 Å². The Hall–Kier alpha value is -0.830. The minimum Gasteiger partial charge on any atom is -0.478 e. The molecule has 3 nitrogen and oxygen atoms in total. The molecule has 0 rings (SSSR count). The van der Waals surface area contributed by atoms with Crippen molar-refractivity contribution in [1.29, 1.82) is 0 Å². The molecule has 0 saturated heterocycles. The third kappa shape index (κ3) is 3.67. The van der Waals surface area contributed by atoms with E-state index in [1.807, 2.05) is 6.08 Å². The van der Waals surface area contributed by atoms with Gasteiger partial charge in [0.25, 0.3) is 0 Å². The third-order valence-electron chi connectivity index (χ3n) is 3.47. The van der Waals surface area contributed by atoms with Crippen molar-refractivity contribution in [3.8, 4) is 0 Å². The van der Waals surface area contributed by atoms with Crippen LogP contribution in [0.3, 0.4) is 0 Å². The number of likely N-dealkylation sites (N-methyl/N-ethyl adjacent to an activating group) is 1. The molecule has 0 aromatic heterocycles. The van der Waals surface area contributed by atoms with Gasteiger partial charge >= 0.3 is 5.97 Å². The summed E-state index contributed by atoms with van der Waals surface area (Å²) in [5, 5.41) is 8.65. The Balaban J connectivity index is 4.81. The van der Waals surface area contributed by atoms with E-state index in [-0.39, 0.29) is 0 Å². The number of hydrogen-bond donors (Lipinski definition) is 1. The number of quaternary nitrogens is 1. The summed E-state index contributed by atoms with van der Waals surface area (Å²) in [5.74, 6) is -0.852. The zero-order chi connectivity index (χ0) is 11.9. The fraction of sp³-hybridized carbons (Fsp3) is 0.750. The number of carboxylic acids is 1. The summed E-state index contributed by atoms with van der Waals surface area (Å²) < 4.78 is 0.972. The molecule has 0 aromatic rings. The summed E-state index contributed by atoms with van der Waals surface area (Å²) in [5.41, 5.74) is 0. The van der Waals surface area contributed by atoms with Crippen LogP contribution in [0.2, 0.25) is 0 Å². The van der Waals surface area contributed by atoms with E-state index in [9.17, 15) is 4.79 Å². The van der Waals surface area contributed by atoms with Crippen LogP contribution in [0.15, 0.2) is 12.2 Å². The standard InChI is InChI=1S/C12H23NO2/c1-5-11(9-10-12(14)15)13(6-2,7-3)8-4/h9-11H,5-8H2,1-4H3/p+1/b10-9+. The number of aliphatic carboxylic acids is 1. The normalized spacial score (nSPS) is 14.4. The minimum atomic E-state index is -0.852. The van der Waals surface area contributed by atoms with Gasteiger partial charge in [-0.25, -0.2) is 4.79 Å². The number of hydrogen-bond acceptors (Lipinski definition) is 1. The predicted molar refractivity (Wildman–Crippen MR) is 62.7 cm³/mol. The van der Waals surface area contributed by atoms with Gasteiger partial charge in [0.15, 0.2) is 0 Å². The molecule has 0 fully saturated rings. The second-order valence-corrected chi connectivity index (χ2v) is 3.84. The van der Waals surface area contributed by atoms with Crippen molar-refractivity contribution in [2.24, 2.45) is 0 Å². The first-order valence-electron chi connectivity index (χ1n) is 5.83. The highest BCUT2D eigenvalue weighted by atomic mass is 16.4. The highest BCUT2D eigenvalue weighted by Crippen LogP contribution is 2.17. The zero-order valence-corrected chi connectivity index (χ0v) is 10.4. The summed E-state index contributed by atoms with van der Waals surface area (Å²) in [6, 6.07) is 0.320. The highest BCUT2D eigenvalue weighted by molar-refractivity contribution is 5.79. The zero-order valence-electron chi connectivity index (χ0n) is 10.4. The molecule has 0 saturated carbocycles. The predicted octanol–water partition coefficient (Wildman–Crippen LogP) is 2.28. The summed E-state index contributed by atoms with van der Waals surface area (Å²) in [4.78, 5) is 10.5. The number of rotatable bonds is 7. The smallest absolute Gasteiger partial charge is 0.328 e. The molecule has 88 valence electrons. The molecule has 0 aliphatic carbocycles. The van der Waals surface area contributed by atoms with Gasteiger partial charge in [0, 0.05) is 12.5 Å². The lowest BCUT2D eigenvalue weighted by molar-refractivity contribution is -0.940. The second-order valence-electron chi connectivity index (χ2n) is 3.84. The number of nitrogens with zero attached hydrogens (tertiary/aromatic N) is 1. The molecule has 0 amide bonds. The maximum absolute atomic E-state index is 10.5. The first-order chi connectivity index (χ1) is 7.06. The molecular formula is C12H24NO2+. The van der Waals surface area contributed by atoms with Gasteiger partial charge in [-0.15, -0.1) is 0 Å². The largest absolute Gasteiger partial charge is 0.478 e. The Morgan fingerprint density at radius 1 is 1.20 bits per heavy atom. The Labute approximate surface area is 93.0 Å². The van der Waals surface area contributed by atoms with Crippen LogP contribution in [-0.2, 0) is 4.79 Å². The molecule has 0 aliphatic rings. The van der Waals surface area contributed by atoms with E-state index in [0.717, 1.165) is 30.5 Å². The monoisotopic (exact) mass is 214 g/mol. The minimum absolute atomic E-state index is 0.320. The van der Waals surface area contributed by atoms with Crippen LogP contribution in [0.5, 0.6) is 0 Å². The van der Waals surface area contributed by atoms with Crippen molar-refractivity contribution in [2.45, 2.75) is 40.2 Å². The van der Waals surface area contributed by atoms with Gasteiger partial charge in [-0.1, -0.05) is 6.92 Å². The van der Waals surface area contributed by atoms with Crippen molar-refractivity contribution >= 4 is 5.97 Å². The molecule has 3 heteroatoms. The average molecular weight is 214 g/mol. The van der Waals surface area contributed by atoms with Gasteiger partial charge in [-0.05, 0) is 26.8 Å². The van der Waals surface area contributed by atoms with Gasteiger partial charge in [0.1, 0.15) is 6.04 Å². The van der Waals surface area contributed by atoms with Crippen molar-refractivity contribution in [3.05, 3.63) is 12.2 Å². The van der Waals surface area contributed by atoms with Crippen molar-refractivity contribution in [1.82, 2.24) is 0 Å². The van der Waals surface area contributed by atoms with Crippen LogP contribution in [0.1, 0.15) is 34.1 Å². The molecule has 0 aliphatic heterocycles. The third-order valence-corrected chi connectivity index (χ3v) is 3.47. The molecule has 1 atom stereocenters. The molecule has 0 aromatic carbocycles. The molecule has 0 bridgehead atoms. The summed E-state index contributed by atoms with van der Waals surface area (Å²) in [6.45, 7) is 11.8. The van der Waals surface area contributed by atoms with Gasteiger partial charge in [0.2, 0.25) is 0 Å². The van der Waals surface area contributed by atoms with Gasteiger partial charge in [0.05, 0.1) is 19.6 Å². The fourth-order valence-corrected chi connectivity index (χ4v) is 2.27. The summed E-state index contributed by atoms with van der Waals surface area (Å²) in [6.07, 6.45) is 4.11. The van der Waals surface area contributed by atoms with Crippen LogP contribution in [-0.4, -0.2) is 41.2 Å². The quantitative estimate of drug-likeness (QED) is 0.521. The lowest BCUT2D eigenvalue weighted by Crippen LogP contribution is -2.54. The summed E-state index contributed by atoms with van der Waals surface area (Å²) in [7, 11) is 0.